The highest BCUT2D eigenvalue weighted by Crippen LogP contribution is 2.33. The number of anilines is 1. The zero-order valence-electron chi connectivity index (χ0n) is 15.4. The molecule has 2 N–H and O–H groups in total. The molecule has 0 fully saturated rings. The highest BCUT2D eigenvalue weighted by molar-refractivity contribution is 6.00. The molecule has 4 aromatic rings. The van der Waals surface area contributed by atoms with E-state index in [9.17, 15) is 5.11 Å². The van der Waals surface area contributed by atoms with Gasteiger partial charge in [0.05, 0.1) is 36.0 Å². The molecule has 142 valence electrons. The van der Waals surface area contributed by atoms with Crippen LogP contribution in [0.25, 0.3) is 27.7 Å². The fourth-order valence-electron chi connectivity index (χ4n) is 3.63. The van der Waals surface area contributed by atoms with Gasteiger partial charge in [-0.05, 0) is 25.1 Å². The number of aromatic nitrogens is 5. The van der Waals surface area contributed by atoms with Crippen molar-refractivity contribution in [1.82, 2.24) is 24.8 Å². The van der Waals surface area contributed by atoms with Gasteiger partial charge in [-0.25, -0.2) is 9.50 Å². The van der Waals surface area contributed by atoms with E-state index < -0.39 is 6.10 Å². The smallest absolute Gasteiger partial charge is 0.178 e. The molecule has 5 heterocycles. The topological polar surface area (TPSA) is 91.6 Å². The highest BCUT2D eigenvalue weighted by atomic mass is 16.5. The predicted molar refractivity (Wildman–Crippen MR) is 107 cm³/mol. The second-order valence-corrected chi connectivity index (χ2v) is 6.75. The number of nitrogens with zero attached hydrogens (tertiary/aromatic N) is 5. The van der Waals surface area contributed by atoms with Gasteiger partial charge in [-0.2, -0.15) is 5.10 Å². The first kappa shape index (κ1) is 16.8. The Morgan fingerprint density at radius 1 is 1.32 bits per heavy atom. The Hall–Kier alpha value is -3.39. The van der Waals surface area contributed by atoms with Gasteiger partial charge in [0.1, 0.15) is 11.6 Å². The average Bonchev–Trinajstić information content (AvgIpc) is 3.29. The van der Waals surface area contributed by atoms with E-state index in [2.05, 4.69) is 20.3 Å². The van der Waals surface area contributed by atoms with Gasteiger partial charge in [0.2, 0.25) is 0 Å². The van der Waals surface area contributed by atoms with Gasteiger partial charge in [0, 0.05) is 30.4 Å². The summed E-state index contributed by atoms with van der Waals surface area (Å²) in [5.41, 5.74) is 3.63. The zero-order chi connectivity index (χ0) is 19.1. The van der Waals surface area contributed by atoms with E-state index in [0.717, 1.165) is 45.8 Å². The number of hydrogen-bond donors (Lipinski definition) is 2. The Bertz CT molecular complexity index is 1160. The molecule has 5 rings (SSSR count). The lowest BCUT2D eigenvalue weighted by molar-refractivity contribution is 0.224. The Kier molecular flexibility index (Phi) is 3.98. The minimum Gasteiger partial charge on any atom is -0.492 e. The number of rotatable bonds is 4. The van der Waals surface area contributed by atoms with Crippen LogP contribution in [0.1, 0.15) is 6.92 Å². The molecule has 1 atom stereocenters. The van der Waals surface area contributed by atoms with Crippen LogP contribution in [-0.4, -0.2) is 55.7 Å². The van der Waals surface area contributed by atoms with Gasteiger partial charge in [-0.3, -0.25) is 5.10 Å². The molecular formula is C20H20N6O2. The molecule has 0 saturated carbocycles. The molecule has 4 aromatic heterocycles. The predicted octanol–water partition coefficient (Wildman–Crippen LogP) is 2.41. The lowest BCUT2D eigenvalue weighted by Crippen LogP contribution is -2.35. The molecule has 0 radical (unpaired) electrons. The Morgan fingerprint density at radius 2 is 2.25 bits per heavy atom. The number of ether oxygens (including phenoxy) is 1. The third-order valence-corrected chi connectivity index (χ3v) is 4.89. The minimum absolute atomic E-state index is 0.459. The van der Waals surface area contributed by atoms with Crippen LogP contribution in [-0.2, 0) is 0 Å². The van der Waals surface area contributed by atoms with Crippen molar-refractivity contribution in [2.75, 3.05) is 24.6 Å². The summed E-state index contributed by atoms with van der Waals surface area (Å²) in [4.78, 5) is 6.68. The van der Waals surface area contributed by atoms with Crippen LogP contribution in [0.15, 0.2) is 48.9 Å². The van der Waals surface area contributed by atoms with Gasteiger partial charge < -0.3 is 14.7 Å². The number of pyridine rings is 2. The first-order chi connectivity index (χ1) is 13.7. The molecule has 28 heavy (non-hydrogen) atoms. The molecule has 8 heteroatoms. The fraction of sp³-hybridized carbons (Fsp3) is 0.250. The first-order valence-electron chi connectivity index (χ1n) is 9.27. The summed E-state index contributed by atoms with van der Waals surface area (Å²) in [6.45, 7) is 3.82. The minimum atomic E-state index is -0.459. The molecule has 8 nitrogen and oxygen atoms in total. The van der Waals surface area contributed by atoms with Crippen molar-refractivity contribution in [1.29, 1.82) is 0 Å². The molecule has 1 aliphatic rings. The van der Waals surface area contributed by atoms with Crippen molar-refractivity contribution in [2.45, 2.75) is 13.0 Å². The maximum absolute atomic E-state index is 9.84. The van der Waals surface area contributed by atoms with E-state index in [0.29, 0.717) is 13.2 Å². The molecule has 0 spiro atoms. The highest BCUT2D eigenvalue weighted by Gasteiger charge is 2.17. The number of aliphatic hydroxyl groups excluding tert-OH is 1. The third-order valence-electron chi connectivity index (χ3n) is 4.89. The lowest BCUT2D eigenvalue weighted by atomic mass is 10.1. The Morgan fingerprint density at radius 3 is 3.04 bits per heavy atom. The monoisotopic (exact) mass is 376 g/mol. The number of aromatic amines is 1. The Balaban J connectivity index is 1.60. The van der Waals surface area contributed by atoms with E-state index in [1.807, 2.05) is 59.1 Å². The average molecular weight is 376 g/mol. The second-order valence-electron chi connectivity index (χ2n) is 6.75. The molecule has 0 bridgehead atoms. The summed E-state index contributed by atoms with van der Waals surface area (Å²) in [6, 6.07) is 6.03. The van der Waals surface area contributed by atoms with E-state index >= 15 is 0 Å². The summed E-state index contributed by atoms with van der Waals surface area (Å²) >= 11 is 0. The molecule has 0 amide bonds. The standard InChI is InChI=1S/C20H20N6O2/c1-2-28-15-8-16(19-17-10-22-23-20(17)24-26(19)12-15)13-5-6-18(21-9-13)25-7-3-4-14(27)11-25/h3-6,8-10,12,14,27H,2,7,11H2,1H3,(H,23,24). The summed E-state index contributed by atoms with van der Waals surface area (Å²) in [6.07, 6.45) is 8.82. The van der Waals surface area contributed by atoms with Crippen molar-refractivity contribution in [2.24, 2.45) is 0 Å². The van der Waals surface area contributed by atoms with Crippen LogP contribution in [0, 0.1) is 0 Å². The quantitative estimate of drug-likeness (QED) is 0.532. The number of hydrogen-bond acceptors (Lipinski definition) is 6. The van der Waals surface area contributed by atoms with Crippen LogP contribution < -0.4 is 9.64 Å². The van der Waals surface area contributed by atoms with Gasteiger partial charge in [-0.1, -0.05) is 12.2 Å². The van der Waals surface area contributed by atoms with Gasteiger partial charge >= 0.3 is 0 Å². The molecular weight excluding hydrogens is 356 g/mol. The SMILES string of the molecule is CCOc1cc(-c2ccc(N3CC=CC(O)C3)nc2)c2c3cn[nH]c3nn2c1. The molecule has 0 saturated heterocycles. The van der Waals surface area contributed by atoms with E-state index in [1.54, 1.807) is 6.20 Å². The number of nitrogens with one attached hydrogen (secondary N) is 1. The number of aliphatic hydroxyl groups is 1. The molecule has 0 aromatic carbocycles. The van der Waals surface area contributed by atoms with Gasteiger partial charge in [-0.15, -0.1) is 5.10 Å². The number of fused-ring (bicyclic) bond motifs is 3. The van der Waals surface area contributed by atoms with E-state index in [4.69, 9.17) is 4.74 Å². The normalized spacial score (nSPS) is 16.9. The van der Waals surface area contributed by atoms with Crippen LogP contribution in [0.4, 0.5) is 5.82 Å². The zero-order valence-corrected chi connectivity index (χ0v) is 15.4. The van der Waals surface area contributed by atoms with Gasteiger partial charge in [0.25, 0.3) is 0 Å². The lowest BCUT2D eigenvalue weighted by Gasteiger charge is -2.27. The van der Waals surface area contributed by atoms with E-state index in [-0.39, 0.29) is 0 Å². The summed E-state index contributed by atoms with van der Waals surface area (Å²) in [5, 5.41) is 22.4. The fourth-order valence-corrected chi connectivity index (χ4v) is 3.63. The van der Waals surface area contributed by atoms with Crippen molar-refractivity contribution < 1.29 is 9.84 Å². The molecule has 1 unspecified atom stereocenters. The van der Waals surface area contributed by atoms with Crippen molar-refractivity contribution >= 4 is 22.4 Å². The largest absolute Gasteiger partial charge is 0.492 e. The Labute approximate surface area is 161 Å². The maximum Gasteiger partial charge on any atom is 0.178 e. The van der Waals surface area contributed by atoms with Crippen LogP contribution >= 0.6 is 0 Å². The summed E-state index contributed by atoms with van der Waals surface area (Å²) < 4.78 is 7.55. The van der Waals surface area contributed by atoms with E-state index in [1.165, 1.54) is 0 Å². The first-order valence-corrected chi connectivity index (χ1v) is 9.27. The van der Waals surface area contributed by atoms with Crippen LogP contribution in [0.2, 0.25) is 0 Å². The van der Waals surface area contributed by atoms with Gasteiger partial charge in [0.15, 0.2) is 5.65 Å². The summed E-state index contributed by atoms with van der Waals surface area (Å²) in [7, 11) is 0. The van der Waals surface area contributed by atoms with Crippen LogP contribution in [0.5, 0.6) is 5.75 Å². The maximum atomic E-state index is 9.84. The number of β-amino-alcohol motifs (C(OH)–C–C–N with tert-alkyl or cyclic N) is 1. The second kappa shape index (κ2) is 6.65. The third kappa shape index (κ3) is 2.78. The van der Waals surface area contributed by atoms with Crippen molar-refractivity contribution in [3.05, 3.63) is 48.9 Å². The van der Waals surface area contributed by atoms with Crippen molar-refractivity contribution in [3.8, 4) is 16.9 Å². The number of H-pyrrole nitrogens is 1. The van der Waals surface area contributed by atoms with Crippen LogP contribution in [0.3, 0.4) is 0 Å². The molecule has 0 aliphatic carbocycles. The van der Waals surface area contributed by atoms with Crippen molar-refractivity contribution in [3.63, 3.8) is 0 Å². The summed E-state index contributed by atoms with van der Waals surface area (Å²) in [5.74, 6) is 1.59. The molecule has 1 aliphatic heterocycles.